The van der Waals surface area contributed by atoms with Crippen molar-refractivity contribution in [3.63, 3.8) is 0 Å². The van der Waals surface area contributed by atoms with Crippen molar-refractivity contribution in [3.8, 4) is 0 Å². The van der Waals surface area contributed by atoms with Crippen molar-refractivity contribution < 1.29 is 4.74 Å². The molecule has 1 fully saturated rings. The molecular weight excluding hydrogens is 144 g/mol. The van der Waals surface area contributed by atoms with Gasteiger partial charge in [-0.15, -0.1) is 11.8 Å². The Bertz CT molecular complexity index is 116. The maximum absolute atomic E-state index is 5.79. The Morgan fingerprint density at radius 2 is 2.40 bits per heavy atom. The molecular formula is C8H16OS. The van der Waals surface area contributed by atoms with Gasteiger partial charge in [-0.05, 0) is 32.4 Å². The van der Waals surface area contributed by atoms with Crippen LogP contribution in [0.25, 0.3) is 0 Å². The topological polar surface area (TPSA) is 9.23 Å². The maximum atomic E-state index is 5.79. The largest absolute Gasteiger partial charge is 0.362 e. The second-order valence-electron chi connectivity index (χ2n) is 3.05. The van der Waals surface area contributed by atoms with Crippen molar-refractivity contribution in [1.82, 2.24) is 0 Å². The molecule has 0 unspecified atom stereocenters. The summed E-state index contributed by atoms with van der Waals surface area (Å²) in [5.74, 6) is 1.26. The monoisotopic (exact) mass is 160 g/mol. The molecule has 0 aromatic rings. The molecule has 0 saturated carbocycles. The summed E-state index contributed by atoms with van der Waals surface area (Å²) in [7, 11) is 0. The number of hydrogen-bond acceptors (Lipinski definition) is 2. The van der Waals surface area contributed by atoms with E-state index in [1.807, 2.05) is 11.8 Å². The van der Waals surface area contributed by atoms with Crippen LogP contribution >= 0.6 is 11.8 Å². The van der Waals surface area contributed by atoms with E-state index in [-0.39, 0.29) is 4.93 Å². The average Bonchev–Trinajstić information content (AvgIpc) is 1.88. The van der Waals surface area contributed by atoms with Crippen molar-refractivity contribution in [2.24, 2.45) is 0 Å². The van der Waals surface area contributed by atoms with Crippen molar-refractivity contribution in [1.29, 1.82) is 0 Å². The molecule has 0 N–H and O–H groups in total. The molecule has 0 aromatic heterocycles. The molecule has 1 saturated heterocycles. The Morgan fingerprint density at radius 3 is 2.80 bits per heavy atom. The number of rotatable bonds is 1. The molecule has 0 bridgehead atoms. The van der Waals surface area contributed by atoms with Crippen LogP contribution in [0.15, 0.2) is 0 Å². The molecule has 1 aliphatic heterocycles. The van der Waals surface area contributed by atoms with Crippen LogP contribution in [0, 0.1) is 0 Å². The highest BCUT2D eigenvalue weighted by atomic mass is 32.2. The summed E-state index contributed by atoms with van der Waals surface area (Å²) >= 11 is 1.95. The fourth-order valence-corrected chi connectivity index (χ4v) is 2.46. The molecule has 1 rings (SSSR count). The van der Waals surface area contributed by atoms with Gasteiger partial charge < -0.3 is 4.74 Å². The lowest BCUT2D eigenvalue weighted by atomic mass is 10.2. The predicted molar refractivity (Wildman–Crippen MR) is 46.3 cm³/mol. The van der Waals surface area contributed by atoms with Gasteiger partial charge in [0.25, 0.3) is 0 Å². The van der Waals surface area contributed by atoms with Crippen molar-refractivity contribution in [2.75, 3.05) is 5.75 Å². The molecule has 2 atom stereocenters. The highest BCUT2D eigenvalue weighted by Crippen LogP contribution is 2.36. The van der Waals surface area contributed by atoms with Crippen LogP contribution in [-0.2, 0) is 4.74 Å². The number of hydrogen-bond donors (Lipinski definition) is 0. The molecule has 0 amide bonds. The van der Waals surface area contributed by atoms with Gasteiger partial charge in [-0.3, -0.25) is 0 Å². The lowest BCUT2D eigenvalue weighted by Gasteiger charge is -2.36. The van der Waals surface area contributed by atoms with Crippen LogP contribution in [0.4, 0.5) is 0 Å². The first-order chi connectivity index (χ1) is 4.66. The van der Waals surface area contributed by atoms with E-state index >= 15 is 0 Å². The van der Waals surface area contributed by atoms with Crippen LogP contribution in [-0.4, -0.2) is 16.8 Å². The third kappa shape index (κ3) is 1.89. The molecule has 0 aliphatic carbocycles. The second kappa shape index (κ2) is 3.14. The van der Waals surface area contributed by atoms with Crippen molar-refractivity contribution >= 4 is 11.8 Å². The first kappa shape index (κ1) is 8.41. The normalized spacial score (nSPS) is 41.7. The fourth-order valence-electron chi connectivity index (χ4n) is 1.14. The molecule has 1 heterocycles. The minimum Gasteiger partial charge on any atom is -0.362 e. The van der Waals surface area contributed by atoms with E-state index in [0.29, 0.717) is 6.10 Å². The molecule has 1 aliphatic rings. The van der Waals surface area contributed by atoms with Gasteiger partial charge in [-0.1, -0.05) is 6.92 Å². The minimum absolute atomic E-state index is 0.109. The van der Waals surface area contributed by atoms with Gasteiger partial charge in [0.2, 0.25) is 0 Å². The van der Waals surface area contributed by atoms with E-state index in [1.54, 1.807) is 0 Å². The summed E-state index contributed by atoms with van der Waals surface area (Å²) < 4.78 is 5.79. The third-order valence-electron chi connectivity index (χ3n) is 2.02. The Hall–Kier alpha value is 0.310. The Morgan fingerprint density at radius 1 is 1.70 bits per heavy atom. The SMILES string of the molecule is CC[C@]1(C)O[C@H](C)CCS1. The molecule has 60 valence electrons. The van der Waals surface area contributed by atoms with Crippen LogP contribution < -0.4 is 0 Å². The van der Waals surface area contributed by atoms with Crippen LogP contribution in [0.5, 0.6) is 0 Å². The molecule has 10 heavy (non-hydrogen) atoms. The van der Waals surface area contributed by atoms with E-state index in [1.165, 1.54) is 12.2 Å². The van der Waals surface area contributed by atoms with Gasteiger partial charge >= 0.3 is 0 Å². The van der Waals surface area contributed by atoms with Crippen LogP contribution in [0.1, 0.15) is 33.6 Å². The zero-order chi connectivity index (χ0) is 7.61. The Balaban J connectivity index is 2.45. The number of ether oxygens (including phenoxy) is 1. The Kier molecular flexibility index (Phi) is 2.64. The smallest absolute Gasteiger partial charge is 0.111 e. The lowest BCUT2D eigenvalue weighted by molar-refractivity contribution is -0.0251. The summed E-state index contributed by atoms with van der Waals surface area (Å²) in [5, 5.41) is 0. The predicted octanol–water partition coefficient (Wildman–Crippen LogP) is 2.65. The summed E-state index contributed by atoms with van der Waals surface area (Å²) in [6, 6.07) is 0. The average molecular weight is 160 g/mol. The molecule has 2 heteroatoms. The summed E-state index contributed by atoms with van der Waals surface area (Å²) in [4.78, 5) is 0.109. The first-order valence-corrected chi connectivity index (χ1v) is 4.96. The maximum Gasteiger partial charge on any atom is 0.111 e. The Labute approximate surface area is 67.5 Å². The lowest BCUT2D eigenvalue weighted by Crippen LogP contribution is -2.33. The zero-order valence-corrected chi connectivity index (χ0v) is 7.83. The second-order valence-corrected chi connectivity index (χ2v) is 4.61. The van der Waals surface area contributed by atoms with Gasteiger partial charge in [0.1, 0.15) is 4.93 Å². The fraction of sp³-hybridized carbons (Fsp3) is 1.00. The highest BCUT2D eigenvalue weighted by Gasteiger charge is 2.29. The van der Waals surface area contributed by atoms with E-state index in [0.717, 1.165) is 6.42 Å². The number of thioether (sulfide) groups is 1. The molecule has 1 nitrogen and oxygen atoms in total. The first-order valence-electron chi connectivity index (χ1n) is 3.98. The summed E-state index contributed by atoms with van der Waals surface area (Å²) in [6.45, 7) is 6.53. The van der Waals surface area contributed by atoms with Gasteiger partial charge in [0.15, 0.2) is 0 Å². The van der Waals surface area contributed by atoms with Crippen LogP contribution in [0.3, 0.4) is 0 Å². The zero-order valence-electron chi connectivity index (χ0n) is 7.02. The van der Waals surface area contributed by atoms with Crippen LogP contribution in [0.2, 0.25) is 0 Å². The van der Waals surface area contributed by atoms with Gasteiger partial charge in [-0.2, -0.15) is 0 Å². The van der Waals surface area contributed by atoms with Gasteiger partial charge in [0.05, 0.1) is 6.10 Å². The standard InChI is InChI=1S/C8H16OS/c1-4-8(3)9-7(2)5-6-10-8/h7H,4-6H2,1-3H3/t7-,8-/m1/s1. The molecule has 0 radical (unpaired) electrons. The van der Waals surface area contributed by atoms with E-state index in [2.05, 4.69) is 20.8 Å². The highest BCUT2D eigenvalue weighted by molar-refractivity contribution is 8.00. The van der Waals surface area contributed by atoms with Gasteiger partial charge in [-0.25, -0.2) is 0 Å². The van der Waals surface area contributed by atoms with Gasteiger partial charge in [0, 0.05) is 0 Å². The van der Waals surface area contributed by atoms with Crippen molar-refractivity contribution in [2.45, 2.75) is 44.6 Å². The van der Waals surface area contributed by atoms with E-state index in [4.69, 9.17) is 4.74 Å². The third-order valence-corrected chi connectivity index (χ3v) is 3.46. The summed E-state index contributed by atoms with van der Waals surface area (Å²) in [6.07, 6.45) is 2.79. The van der Waals surface area contributed by atoms with E-state index in [9.17, 15) is 0 Å². The van der Waals surface area contributed by atoms with Crippen molar-refractivity contribution in [3.05, 3.63) is 0 Å². The quantitative estimate of drug-likeness (QED) is 0.583. The summed E-state index contributed by atoms with van der Waals surface area (Å²) in [5.41, 5.74) is 0. The van der Waals surface area contributed by atoms with E-state index < -0.39 is 0 Å². The molecule has 0 spiro atoms. The molecule has 0 aromatic carbocycles. The minimum atomic E-state index is 0.109.